The zero-order chi connectivity index (χ0) is 22.9. The molecule has 0 radical (unpaired) electrons. The van der Waals surface area contributed by atoms with E-state index < -0.39 is 0 Å². The highest BCUT2D eigenvalue weighted by molar-refractivity contribution is 7.99. The van der Waals surface area contributed by atoms with Crippen LogP contribution >= 0.6 is 23.1 Å². The summed E-state index contributed by atoms with van der Waals surface area (Å²) in [6.07, 6.45) is 2.10. The molecule has 1 saturated carbocycles. The van der Waals surface area contributed by atoms with Gasteiger partial charge in [0.25, 0.3) is 0 Å². The molecule has 0 atom stereocenters. The van der Waals surface area contributed by atoms with Crippen LogP contribution in [0.5, 0.6) is 0 Å². The molecule has 8 nitrogen and oxygen atoms in total. The summed E-state index contributed by atoms with van der Waals surface area (Å²) in [5.41, 5.74) is 2.14. The van der Waals surface area contributed by atoms with Gasteiger partial charge in [-0.25, -0.2) is 9.37 Å². The van der Waals surface area contributed by atoms with Crippen molar-refractivity contribution in [3.63, 3.8) is 0 Å². The Bertz CT molecular complexity index is 1360. The Kier molecular flexibility index (Phi) is 5.81. The second kappa shape index (κ2) is 8.91. The molecule has 1 aliphatic carbocycles. The van der Waals surface area contributed by atoms with Crippen molar-refractivity contribution in [2.75, 3.05) is 16.4 Å². The molecule has 2 aromatic carbocycles. The van der Waals surface area contributed by atoms with E-state index in [0.717, 1.165) is 24.4 Å². The third-order valence-corrected chi connectivity index (χ3v) is 6.82. The molecule has 2 heterocycles. The summed E-state index contributed by atoms with van der Waals surface area (Å²) in [6, 6.07) is 11.8. The molecule has 11 heteroatoms. The molecule has 0 aliphatic heterocycles. The van der Waals surface area contributed by atoms with Crippen LogP contribution in [-0.4, -0.2) is 37.3 Å². The maximum absolute atomic E-state index is 13.4. The number of amides is 2. The fourth-order valence-corrected chi connectivity index (χ4v) is 5.05. The highest BCUT2D eigenvalue weighted by atomic mass is 32.2. The monoisotopic (exact) mass is 482 g/mol. The number of nitrogens with one attached hydrogen (secondary N) is 2. The van der Waals surface area contributed by atoms with Gasteiger partial charge in [-0.3, -0.25) is 14.2 Å². The minimum absolute atomic E-state index is 0.110. The SMILES string of the molecule is CC(=O)Nc1cccc(-n2c(SCC(=O)Nc3nc4ccc(F)cc4s3)nnc2C2CC2)c1. The maximum atomic E-state index is 13.4. The molecule has 1 fully saturated rings. The van der Waals surface area contributed by atoms with Crippen molar-refractivity contribution in [1.82, 2.24) is 19.7 Å². The Morgan fingerprint density at radius 1 is 1.18 bits per heavy atom. The molecule has 2 N–H and O–H groups in total. The maximum Gasteiger partial charge on any atom is 0.236 e. The zero-order valence-corrected chi connectivity index (χ0v) is 19.2. The van der Waals surface area contributed by atoms with Crippen molar-refractivity contribution in [1.29, 1.82) is 0 Å². The lowest BCUT2D eigenvalue weighted by molar-refractivity contribution is -0.114. The van der Waals surface area contributed by atoms with E-state index in [1.807, 2.05) is 28.8 Å². The van der Waals surface area contributed by atoms with Crippen molar-refractivity contribution in [2.45, 2.75) is 30.8 Å². The average molecular weight is 483 g/mol. The van der Waals surface area contributed by atoms with E-state index in [1.54, 1.807) is 6.07 Å². The van der Waals surface area contributed by atoms with Crippen LogP contribution in [0.25, 0.3) is 15.9 Å². The Morgan fingerprint density at radius 2 is 2.03 bits per heavy atom. The lowest BCUT2D eigenvalue weighted by Gasteiger charge is -2.11. The Labute approximate surface area is 196 Å². The van der Waals surface area contributed by atoms with Gasteiger partial charge >= 0.3 is 0 Å². The van der Waals surface area contributed by atoms with E-state index in [9.17, 15) is 14.0 Å². The van der Waals surface area contributed by atoms with Crippen LogP contribution in [0, 0.1) is 5.82 Å². The summed E-state index contributed by atoms with van der Waals surface area (Å²) < 4.78 is 16.0. The zero-order valence-electron chi connectivity index (χ0n) is 17.5. The van der Waals surface area contributed by atoms with Crippen LogP contribution in [-0.2, 0) is 9.59 Å². The van der Waals surface area contributed by atoms with Gasteiger partial charge in [0.2, 0.25) is 11.8 Å². The molecule has 5 rings (SSSR count). The molecular formula is C22H19FN6O2S2. The Hall–Kier alpha value is -3.31. The number of nitrogens with zero attached hydrogens (tertiary/aromatic N) is 4. The quantitative estimate of drug-likeness (QED) is 0.374. The Balaban J connectivity index is 1.33. The predicted octanol–water partition coefficient (Wildman–Crippen LogP) is 4.58. The number of thioether (sulfide) groups is 1. The van der Waals surface area contributed by atoms with Crippen molar-refractivity contribution >= 4 is 55.9 Å². The fourth-order valence-electron chi connectivity index (χ4n) is 3.39. The molecule has 1 aliphatic rings. The van der Waals surface area contributed by atoms with Crippen LogP contribution in [0.1, 0.15) is 31.5 Å². The van der Waals surface area contributed by atoms with E-state index in [1.165, 1.54) is 42.2 Å². The van der Waals surface area contributed by atoms with Crippen LogP contribution in [0.3, 0.4) is 0 Å². The van der Waals surface area contributed by atoms with Crippen LogP contribution in [0.4, 0.5) is 15.2 Å². The number of anilines is 2. The molecule has 2 aromatic heterocycles. The first-order valence-corrected chi connectivity index (χ1v) is 12.1. The van der Waals surface area contributed by atoms with E-state index >= 15 is 0 Å². The molecule has 33 heavy (non-hydrogen) atoms. The van der Waals surface area contributed by atoms with E-state index in [4.69, 9.17) is 0 Å². The number of halogens is 1. The van der Waals surface area contributed by atoms with Gasteiger partial charge in [0.15, 0.2) is 10.3 Å². The third kappa shape index (κ3) is 4.88. The summed E-state index contributed by atoms with van der Waals surface area (Å²) in [5.74, 6) is 0.571. The molecule has 2 amide bonds. The number of fused-ring (bicyclic) bond motifs is 1. The standard InChI is InChI=1S/C22H19FN6O2S2/c1-12(30)24-15-3-2-4-16(10-15)29-20(13-5-6-13)27-28-22(29)32-11-19(31)26-21-25-17-8-7-14(23)9-18(17)33-21/h2-4,7-10,13H,5-6,11H2,1H3,(H,24,30)(H,25,26,31). The molecule has 4 aromatic rings. The van der Waals surface area contributed by atoms with E-state index in [0.29, 0.717) is 32.1 Å². The smallest absolute Gasteiger partial charge is 0.236 e. The molecular weight excluding hydrogens is 463 g/mol. The highest BCUT2D eigenvalue weighted by Gasteiger charge is 2.31. The van der Waals surface area contributed by atoms with Gasteiger partial charge in [0.1, 0.15) is 11.6 Å². The second-order valence-electron chi connectivity index (χ2n) is 7.65. The number of aromatic nitrogens is 4. The van der Waals surface area contributed by atoms with Crippen molar-refractivity contribution in [3.05, 3.63) is 54.1 Å². The summed E-state index contributed by atoms with van der Waals surface area (Å²) >= 11 is 2.50. The topological polar surface area (TPSA) is 102 Å². The number of hydrogen-bond donors (Lipinski definition) is 2. The first kappa shape index (κ1) is 21.5. The van der Waals surface area contributed by atoms with Crippen LogP contribution in [0.2, 0.25) is 0 Å². The van der Waals surface area contributed by atoms with Gasteiger partial charge < -0.3 is 10.6 Å². The number of carbonyl (C=O) groups is 2. The Morgan fingerprint density at radius 3 is 2.82 bits per heavy atom. The van der Waals surface area contributed by atoms with Gasteiger partial charge in [-0.1, -0.05) is 29.2 Å². The minimum atomic E-state index is -0.340. The van der Waals surface area contributed by atoms with Gasteiger partial charge in [-0.2, -0.15) is 0 Å². The van der Waals surface area contributed by atoms with E-state index in [2.05, 4.69) is 25.8 Å². The second-order valence-corrected chi connectivity index (χ2v) is 9.62. The first-order chi connectivity index (χ1) is 16.0. The average Bonchev–Trinajstić information content (AvgIpc) is 3.40. The summed E-state index contributed by atoms with van der Waals surface area (Å²) in [6.45, 7) is 1.46. The van der Waals surface area contributed by atoms with Gasteiger partial charge in [0.05, 0.1) is 21.7 Å². The first-order valence-electron chi connectivity index (χ1n) is 10.3. The lowest BCUT2D eigenvalue weighted by atomic mass is 10.2. The normalized spacial score (nSPS) is 13.3. The van der Waals surface area contributed by atoms with Crippen LogP contribution < -0.4 is 10.6 Å². The van der Waals surface area contributed by atoms with Gasteiger partial charge in [-0.05, 0) is 49.2 Å². The largest absolute Gasteiger partial charge is 0.326 e. The molecule has 0 bridgehead atoms. The van der Waals surface area contributed by atoms with Crippen molar-refractivity contribution in [2.24, 2.45) is 0 Å². The molecule has 0 spiro atoms. The predicted molar refractivity (Wildman–Crippen MR) is 127 cm³/mol. The van der Waals surface area contributed by atoms with Gasteiger partial charge in [0, 0.05) is 18.5 Å². The summed E-state index contributed by atoms with van der Waals surface area (Å²) in [4.78, 5) is 28.3. The van der Waals surface area contributed by atoms with Crippen LogP contribution in [0.15, 0.2) is 47.6 Å². The third-order valence-electron chi connectivity index (χ3n) is 4.95. The number of hydrogen-bond acceptors (Lipinski definition) is 7. The molecule has 0 saturated heterocycles. The molecule has 0 unspecified atom stereocenters. The fraction of sp³-hybridized carbons (Fsp3) is 0.227. The highest BCUT2D eigenvalue weighted by Crippen LogP contribution is 2.41. The van der Waals surface area contributed by atoms with Gasteiger partial charge in [-0.15, -0.1) is 10.2 Å². The molecule has 168 valence electrons. The van der Waals surface area contributed by atoms with Crippen molar-refractivity contribution in [3.8, 4) is 5.69 Å². The number of benzene rings is 2. The minimum Gasteiger partial charge on any atom is -0.326 e. The summed E-state index contributed by atoms with van der Waals surface area (Å²) in [5, 5.41) is 15.3. The van der Waals surface area contributed by atoms with E-state index in [-0.39, 0.29) is 23.4 Å². The summed E-state index contributed by atoms with van der Waals surface area (Å²) in [7, 11) is 0. The lowest BCUT2D eigenvalue weighted by Crippen LogP contribution is -2.14. The van der Waals surface area contributed by atoms with Crippen molar-refractivity contribution < 1.29 is 14.0 Å². The number of thiazole rings is 1. The number of rotatable bonds is 7. The number of carbonyl (C=O) groups excluding carboxylic acids is 2.